The standard InChI is InChI=1S/C19H21NO/c1-3-18(14-19(21)17-12-8-5-9-13-17)20-15(2)16-10-6-4-7-11-16/h4-15,20H,3H2,1-2H3/b18-14-/t15-/m1/s1. The normalized spacial score (nSPS) is 12.8. The van der Waals surface area contributed by atoms with Crippen LogP contribution in [-0.2, 0) is 0 Å². The van der Waals surface area contributed by atoms with Gasteiger partial charge in [0.15, 0.2) is 5.78 Å². The molecule has 0 aliphatic carbocycles. The maximum absolute atomic E-state index is 12.2. The van der Waals surface area contributed by atoms with Gasteiger partial charge in [-0.2, -0.15) is 0 Å². The molecule has 0 aliphatic heterocycles. The van der Waals surface area contributed by atoms with E-state index in [4.69, 9.17) is 0 Å². The van der Waals surface area contributed by atoms with E-state index >= 15 is 0 Å². The van der Waals surface area contributed by atoms with Crippen LogP contribution in [0.3, 0.4) is 0 Å². The second-order valence-corrected chi connectivity index (χ2v) is 5.03. The number of ketones is 1. The van der Waals surface area contributed by atoms with E-state index in [1.165, 1.54) is 5.56 Å². The Morgan fingerprint density at radius 1 is 1.05 bits per heavy atom. The third-order valence-corrected chi connectivity index (χ3v) is 3.45. The summed E-state index contributed by atoms with van der Waals surface area (Å²) >= 11 is 0. The third kappa shape index (κ3) is 4.32. The molecular formula is C19H21NO. The van der Waals surface area contributed by atoms with E-state index in [0.29, 0.717) is 0 Å². The van der Waals surface area contributed by atoms with Crippen molar-refractivity contribution in [2.75, 3.05) is 0 Å². The molecule has 0 bridgehead atoms. The van der Waals surface area contributed by atoms with Crippen LogP contribution in [0.4, 0.5) is 0 Å². The minimum absolute atomic E-state index is 0.0419. The Kier molecular flexibility index (Phi) is 5.33. The molecule has 21 heavy (non-hydrogen) atoms. The van der Waals surface area contributed by atoms with Gasteiger partial charge in [0.1, 0.15) is 0 Å². The van der Waals surface area contributed by atoms with Gasteiger partial charge in [0.2, 0.25) is 0 Å². The third-order valence-electron chi connectivity index (χ3n) is 3.45. The lowest BCUT2D eigenvalue weighted by Crippen LogP contribution is -2.18. The van der Waals surface area contributed by atoms with Crippen molar-refractivity contribution in [2.45, 2.75) is 26.3 Å². The van der Waals surface area contributed by atoms with E-state index in [2.05, 4.69) is 31.3 Å². The molecule has 2 rings (SSSR count). The molecule has 2 aromatic carbocycles. The fourth-order valence-corrected chi connectivity index (χ4v) is 2.19. The number of carbonyl (C=O) groups is 1. The van der Waals surface area contributed by atoms with Gasteiger partial charge in [-0.1, -0.05) is 67.6 Å². The SMILES string of the molecule is CC/C(=C/C(=O)c1ccccc1)N[C@H](C)c1ccccc1. The number of nitrogens with one attached hydrogen (secondary N) is 1. The zero-order valence-corrected chi connectivity index (χ0v) is 12.5. The van der Waals surface area contributed by atoms with Gasteiger partial charge in [0, 0.05) is 23.4 Å². The van der Waals surface area contributed by atoms with Crippen molar-refractivity contribution < 1.29 is 4.79 Å². The van der Waals surface area contributed by atoms with Crippen LogP contribution in [0.5, 0.6) is 0 Å². The lowest BCUT2D eigenvalue weighted by Gasteiger charge is -2.17. The summed E-state index contributed by atoms with van der Waals surface area (Å²) in [5, 5.41) is 3.42. The van der Waals surface area contributed by atoms with E-state index in [0.717, 1.165) is 17.7 Å². The molecule has 0 aliphatic rings. The lowest BCUT2D eigenvalue weighted by atomic mass is 10.1. The molecule has 0 fully saturated rings. The van der Waals surface area contributed by atoms with Crippen molar-refractivity contribution in [3.8, 4) is 0 Å². The first kappa shape index (κ1) is 15.0. The number of hydrogen-bond acceptors (Lipinski definition) is 2. The van der Waals surface area contributed by atoms with E-state index in [1.54, 1.807) is 6.08 Å². The van der Waals surface area contributed by atoms with Crippen LogP contribution in [0, 0.1) is 0 Å². The Bertz CT molecular complexity index is 602. The molecule has 2 nitrogen and oxygen atoms in total. The van der Waals surface area contributed by atoms with Crippen LogP contribution in [0.15, 0.2) is 72.4 Å². The number of rotatable bonds is 6. The zero-order valence-electron chi connectivity index (χ0n) is 12.5. The molecule has 0 spiro atoms. The maximum atomic E-state index is 12.2. The van der Waals surface area contributed by atoms with Crippen molar-refractivity contribution in [2.24, 2.45) is 0 Å². The molecule has 0 saturated carbocycles. The predicted molar refractivity (Wildman–Crippen MR) is 87.1 cm³/mol. The van der Waals surface area contributed by atoms with E-state index in [1.807, 2.05) is 48.5 Å². The molecule has 2 aromatic rings. The highest BCUT2D eigenvalue weighted by molar-refractivity contribution is 6.04. The van der Waals surface area contributed by atoms with Gasteiger partial charge < -0.3 is 5.32 Å². The first-order chi connectivity index (χ1) is 10.2. The summed E-state index contributed by atoms with van der Waals surface area (Å²) in [5.41, 5.74) is 2.89. The fourth-order valence-electron chi connectivity index (χ4n) is 2.19. The van der Waals surface area contributed by atoms with Gasteiger partial charge in [-0.3, -0.25) is 4.79 Å². The number of benzene rings is 2. The number of hydrogen-bond donors (Lipinski definition) is 1. The predicted octanol–water partition coefficient (Wildman–Crippen LogP) is 4.51. The van der Waals surface area contributed by atoms with Crippen molar-refractivity contribution in [3.63, 3.8) is 0 Å². The maximum Gasteiger partial charge on any atom is 0.187 e. The van der Waals surface area contributed by atoms with Crippen LogP contribution < -0.4 is 5.32 Å². The summed E-state index contributed by atoms with van der Waals surface area (Å²) in [6, 6.07) is 19.8. The molecule has 0 radical (unpaired) electrons. The molecular weight excluding hydrogens is 258 g/mol. The summed E-state index contributed by atoms with van der Waals surface area (Å²) in [6.07, 6.45) is 2.50. The summed E-state index contributed by atoms with van der Waals surface area (Å²) in [4.78, 5) is 12.2. The van der Waals surface area contributed by atoms with Crippen molar-refractivity contribution in [1.29, 1.82) is 0 Å². The highest BCUT2D eigenvalue weighted by atomic mass is 16.1. The minimum atomic E-state index is 0.0419. The Labute approximate surface area is 126 Å². The summed E-state index contributed by atoms with van der Waals surface area (Å²) in [5.74, 6) is 0.0419. The molecule has 0 saturated heterocycles. The summed E-state index contributed by atoms with van der Waals surface area (Å²) in [7, 11) is 0. The monoisotopic (exact) mass is 279 g/mol. The van der Waals surface area contributed by atoms with Crippen LogP contribution >= 0.6 is 0 Å². The second kappa shape index (κ2) is 7.44. The Balaban J connectivity index is 2.09. The Morgan fingerprint density at radius 2 is 1.62 bits per heavy atom. The molecule has 0 amide bonds. The molecule has 0 unspecified atom stereocenters. The number of allylic oxidation sites excluding steroid dienone is 2. The minimum Gasteiger partial charge on any atom is -0.382 e. The molecule has 108 valence electrons. The second-order valence-electron chi connectivity index (χ2n) is 5.03. The largest absolute Gasteiger partial charge is 0.382 e. The highest BCUT2D eigenvalue weighted by Gasteiger charge is 2.08. The first-order valence-corrected chi connectivity index (χ1v) is 7.32. The highest BCUT2D eigenvalue weighted by Crippen LogP contribution is 2.14. The Hall–Kier alpha value is -2.35. The molecule has 1 N–H and O–H groups in total. The quantitative estimate of drug-likeness (QED) is 0.622. The summed E-state index contributed by atoms with van der Waals surface area (Å²) in [6.45, 7) is 4.15. The van der Waals surface area contributed by atoms with Gasteiger partial charge in [-0.15, -0.1) is 0 Å². The Morgan fingerprint density at radius 3 is 2.19 bits per heavy atom. The van der Waals surface area contributed by atoms with Gasteiger partial charge in [0.05, 0.1) is 0 Å². The van der Waals surface area contributed by atoms with Gasteiger partial charge in [-0.05, 0) is 18.9 Å². The zero-order chi connectivity index (χ0) is 15.1. The molecule has 0 heterocycles. The fraction of sp³-hybridized carbons (Fsp3) is 0.211. The average molecular weight is 279 g/mol. The summed E-state index contributed by atoms with van der Waals surface area (Å²) < 4.78 is 0. The van der Waals surface area contributed by atoms with Gasteiger partial charge in [-0.25, -0.2) is 0 Å². The topological polar surface area (TPSA) is 29.1 Å². The molecule has 0 aromatic heterocycles. The van der Waals surface area contributed by atoms with Gasteiger partial charge >= 0.3 is 0 Å². The molecule has 1 atom stereocenters. The van der Waals surface area contributed by atoms with E-state index in [9.17, 15) is 4.79 Å². The van der Waals surface area contributed by atoms with Crippen LogP contribution in [0.2, 0.25) is 0 Å². The smallest absolute Gasteiger partial charge is 0.187 e. The van der Waals surface area contributed by atoms with E-state index < -0.39 is 0 Å². The number of carbonyl (C=O) groups excluding carboxylic acids is 1. The first-order valence-electron chi connectivity index (χ1n) is 7.32. The van der Waals surface area contributed by atoms with Crippen molar-refractivity contribution in [3.05, 3.63) is 83.6 Å². The van der Waals surface area contributed by atoms with E-state index in [-0.39, 0.29) is 11.8 Å². The van der Waals surface area contributed by atoms with Crippen LogP contribution in [-0.4, -0.2) is 5.78 Å². The van der Waals surface area contributed by atoms with Crippen LogP contribution in [0.25, 0.3) is 0 Å². The van der Waals surface area contributed by atoms with Crippen molar-refractivity contribution >= 4 is 5.78 Å². The lowest BCUT2D eigenvalue weighted by molar-refractivity contribution is 0.104. The van der Waals surface area contributed by atoms with Crippen LogP contribution in [0.1, 0.15) is 42.2 Å². The average Bonchev–Trinajstić information content (AvgIpc) is 2.55. The van der Waals surface area contributed by atoms with Gasteiger partial charge in [0.25, 0.3) is 0 Å². The molecule has 2 heteroatoms. The van der Waals surface area contributed by atoms with Crippen molar-refractivity contribution in [1.82, 2.24) is 5.32 Å².